The Labute approximate surface area is 861 Å². The van der Waals surface area contributed by atoms with Crippen molar-refractivity contribution in [1.82, 2.24) is 0 Å². The highest BCUT2D eigenvalue weighted by molar-refractivity contribution is 7.52. The van der Waals surface area contributed by atoms with Crippen LogP contribution in [0, 0.1) is 69.0 Å². The van der Waals surface area contributed by atoms with E-state index in [2.05, 4.69) is 26.7 Å². The lowest BCUT2D eigenvalue weighted by atomic mass is 9.81. The normalized spacial score (nSPS) is 23.5. The van der Waals surface area contributed by atoms with Gasteiger partial charge in [0, 0.05) is 107 Å². The van der Waals surface area contributed by atoms with Crippen LogP contribution in [0.1, 0.15) is 224 Å². The molecule has 0 bridgehead atoms. The van der Waals surface area contributed by atoms with Gasteiger partial charge in [0.15, 0.2) is 0 Å². The molecule has 6 aliphatic rings. The Hall–Kier alpha value is -12.5. The lowest BCUT2D eigenvalue weighted by Gasteiger charge is -2.38. The van der Waals surface area contributed by atoms with Crippen molar-refractivity contribution in [2.45, 2.75) is 282 Å². The maximum absolute atomic E-state index is 13.7. The van der Waals surface area contributed by atoms with Crippen LogP contribution in [0.15, 0.2) is 205 Å². The standard InChI is InChI=1S/C55H68N2O16.C52H64N2O14.2O2S/c1-8-50(58)68-33-45-34(2)27-42(24-25-46-35(3)28-41(70-46)15-12-26-67-54(61)55(4,5)6)71-48(45)31-47-44(29-36-13-10-9-11-14-36)51(66-7)49(73-47)30-43(72-53(60)38-18-22-40(23-19-38)57(64)65)32-69-52(59)37-16-20-39(21-17-37)56(62)63;1-32-26-41(23-24-44-33(2)27-40(65-44)14-11-25-63-51(57)52(4,5)6)66-45(34(32)3)30-46-43(28-35-12-9-8-10-13-35)48(62-7)47(68-46)29-42(67-50(56)37-17-21-39(22-18-37)54(60)61)31-64-49(55)36-15-19-38(20-16-36)53(58)59;2*1-3-2/h9-11,13-14,16-23,41-44,46-49,51H,3,8,12,15,24-33H2,1-2,4-7H3;8-10,12-13,15-22,32,40-48H,2-3,11,14,23-31H2,1,4-7H3;;/t41-,42-,43-,44-,46?,47-,48?,49+,51+;32-,40+,41+,42+,43+,44?,45?,46+,47-,48-;;/m01../s1. The third-order valence-electron chi connectivity index (χ3n) is 26.6. The molecule has 6 heterocycles. The van der Waals surface area contributed by atoms with Gasteiger partial charge in [-0.25, -0.2) is 19.2 Å². The second-order valence-electron chi connectivity index (χ2n) is 39.2. The van der Waals surface area contributed by atoms with Gasteiger partial charge in [0.25, 0.3) is 22.7 Å². The lowest BCUT2D eigenvalue weighted by Crippen LogP contribution is -2.39. The van der Waals surface area contributed by atoms with Gasteiger partial charge in [0.05, 0.1) is 151 Å². The zero-order chi connectivity index (χ0) is 107. The first-order chi connectivity index (χ1) is 70.0. The van der Waals surface area contributed by atoms with Crippen LogP contribution in [-0.4, -0.2) is 223 Å². The Balaban J connectivity index is 0.000000311. The maximum Gasteiger partial charge on any atom is 0.338 e. The number of esters is 7. The molecule has 0 amide bonds. The van der Waals surface area contributed by atoms with Crippen molar-refractivity contribution in [1.29, 1.82) is 0 Å². The summed E-state index contributed by atoms with van der Waals surface area (Å²) >= 11 is -1.50. The van der Waals surface area contributed by atoms with Crippen LogP contribution in [-0.2, 0) is 121 Å². The van der Waals surface area contributed by atoms with Crippen LogP contribution in [0.3, 0.4) is 0 Å². The number of carbonyl (C=O) groups is 7. The first kappa shape index (κ1) is 118. The van der Waals surface area contributed by atoms with Gasteiger partial charge < -0.3 is 71.1 Å². The van der Waals surface area contributed by atoms with Crippen LogP contribution >= 0.6 is 0 Å². The van der Waals surface area contributed by atoms with Gasteiger partial charge in [-0.05, 0) is 226 Å². The molecule has 40 heteroatoms. The van der Waals surface area contributed by atoms with E-state index in [1.54, 1.807) is 21.1 Å². The third kappa shape index (κ3) is 36.2. The Morgan fingerprint density at radius 1 is 0.429 bits per heavy atom. The van der Waals surface area contributed by atoms with E-state index in [1.807, 2.05) is 109 Å². The topological polar surface area (TPSA) is 499 Å². The molecule has 5 fully saturated rings. The second kappa shape index (κ2) is 57.7. The number of benzene rings is 6. The molecule has 796 valence electrons. The number of carbonyl (C=O) groups excluding carboxylic acids is 7. The summed E-state index contributed by atoms with van der Waals surface area (Å²) in [5.74, 6) is -4.31. The number of hydrogen-bond donors (Lipinski definition) is 0. The van der Waals surface area contributed by atoms with E-state index in [0.717, 1.165) is 83.9 Å². The number of nitrogens with zero attached hydrogens (tertiary/aromatic N) is 4. The van der Waals surface area contributed by atoms with E-state index in [4.69, 9.17) is 87.9 Å². The van der Waals surface area contributed by atoms with Crippen LogP contribution in [0.4, 0.5) is 22.7 Å². The maximum atomic E-state index is 13.7. The summed E-state index contributed by atoms with van der Waals surface area (Å²) in [5.41, 5.74) is 5.26. The highest BCUT2D eigenvalue weighted by Crippen LogP contribution is 2.45. The first-order valence-electron chi connectivity index (χ1n) is 48.9. The SMILES string of the molecule is C=C1C[C@H](CCCOC(=O)C(C)(C)C)OC1CC[C@H]1CC(C)=C(COC(=O)CC)C(C[C@@H]2O[C@H](C[C@@H](COC(=O)c3ccc([N+](=O)[O-])cc3)OC(=O)c3ccc([N+](=O)[O-])cc3)[C@H](OC)[C@H]2Cc2ccccc2)O1.C=C1C[C@H](CCCOC(=O)C(C)(C)C)OC1CC[C@H]1C[C@@H](C)C(=C)C(C[C@@H]2O[C@H](C[C@@H](COC(=O)c3ccc([N+](=O)[O-])cc3)OC(=O)c3ccc([N+](=O)[O-])cc3)[C@H](OC)[C@H]2Cc2ccccc2)O1.O=S=O.O=S=O. The van der Waals surface area contributed by atoms with E-state index in [-0.39, 0.29) is 149 Å². The fraction of sp³-hybridized carbons (Fsp3) is 0.523. The Morgan fingerprint density at radius 2 is 0.769 bits per heavy atom. The van der Waals surface area contributed by atoms with Gasteiger partial charge in [0.1, 0.15) is 32.0 Å². The van der Waals surface area contributed by atoms with Gasteiger partial charge in [-0.15, -0.1) is 0 Å². The zero-order valence-corrected chi connectivity index (χ0v) is 86.2. The molecule has 5 saturated heterocycles. The average molecular weight is 2080 g/mol. The zero-order valence-electron chi connectivity index (χ0n) is 84.6. The Kier molecular flexibility index (Phi) is 46.3. The predicted molar refractivity (Wildman–Crippen MR) is 535 cm³/mol. The van der Waals surface area contributed by atoms with Crippen LogP contribution in [0.5, 0.6) is 0 Å². The van der Waals surface area contributed by atoms with Crippen molar-refractivity contribution in [3.63, 3.8) is 0 Å². The fourth-order valence-electron chi connectivity index (χ4n) is 18.7. The highest BCUT2D eigenvalue weighted by Gasteiger charge is 2.51. The van der Waals surface area contributed by atoms with Crippen molar-refractivity contribution in [3.05, 3.63) is 279 Å². The van der Waals surface area contributed by atoms with E-state index in [0.29, 0.717) is 71.0 Å². The molecule has 4 unspecified atom stereocenters. The minimum Gasteiger partial charge on any atom is -0.465 e. The van der Waals surface area contributed by atoms with Crippen molar-refractivity contribution in [3.8, 4) is 0 Å². The molecule has 0 spiro atoms. The number of rotatable bonds is 45. The number of nitro groups is 4. The van der Waals surface area contributed by atoms with Crippen molar-refractivity contribution >= 4 is 87.7 Å². The number of hydrogen-bond acceptors (Lipinski definition) is 34. The molecule has 19 atom stereocenters. The molecule has 0 saturated carbocycles. The minimum atomic E-state index is -1.12. The van der Waals surface area contributed by atoms with Crippen LogP contribution < -0.4 is 0 Å². The lowest BCUT2D eigenvalue weighted by molar-refractivity contribution is -0.385. The summed E-state index contributed by atoms with van der Waals surface area (Å²) < 4.78 is 126. The number of ether oxygens (including phenoxy) is 15. The summed E-state index contributed by atoms with van der Waals surface area (Å²) in [6, 6.07) is 39.5. The summed E-state index contributed by atoms with van der Waals surface area (Å²) in [6.45, 7) is 30.0. The Morgan fingerprint density at radius 3 is 1.12 bits per heavy atom. The van der Waals surface area contributed by atoms with Gasteiger partial charge in [-0.3, -0.25) is 54.8 Å². The monoisotopic (exact) mass is 2080 g/mol. The molecule has 0 aliphatic carbocycles. The van der Waals surface area contributed by atoms with Gasteiger partial charge in [0.2, 0.25) is 0 Å². The molecule has 147 heavy (non-hydrogen) atoms. The average Bonchev–Trinajstić information content (AvgIpc) is 1.65. The summed E-state index contributed by atoms with van der Waals surface area (Å²) in [4.78, 5) is 133. The molecule has 0 N–H and O–H groups in total. The smallest absolute Gasteiger partial charge is 0.338 e. The highest BCUT2D eigenvalue weighted by atomic mass is 32.1. The largest absolute Gasteiger partial charge is 0.465 e. The number of non-ortho nitro benzene ring substituents is 4. The van der Waals surface area contributed by atoms with E-state index in [1.165, 1.54) is 97.1 Å². The molecular formula is C107H132N4O34S2. The Bertz CT molecular complexity index is 5560. The first-order valence-corrected chi connectivity index (χ1v) is 50.3. The molecule has 12 rings (SSSR count). The van der Waals surface area contributed by atoms with E-state index < -0.39 is 146 Å². The molecule has 0 aromatic heterocycles. The van der Waals surface area contributed by atoms with Crippen molar-refractivity contribution in [2.24, 2.45) is 28.6 Å². The fourth-order valence-corrected chi connectivity index (χ4v) is 18.7. The third-order valence-corrected chi connectivity index (χ3v) is 26.6. The summed E-state index contributed by atoms with van der Waals surface area (Å²) in [5, 5.41) is 45.1. The van der Waals surface area contributed by atoms with Crippen LogP contribution in [0.2, 0.25) is 0 Å². The minimum absolute atomic E-state index is 0.00905. The quantitative estimate of drug-likeness (QED) is 0.00855. The van der Waals surface area contributed by atoms with Gasteiger partial charge >= 0.3 is 64.9 Å². The number of nitro benzene ring substituents is 4. The number of methoxy groups -OCH3 is 2. The van der Waals surface area contributed by atoms with Crippen molar-refractivity contribution in [2.75, 3.05) is 47.3 Å². The van der Waals surface area contributed by atoms with E-state index in [9.17, 15) is 74.0 Å². The van der Waals surface area contributed by atoms with Gasteiger partial charge in [-0.1, -0.05) is 99.8 Å². The summed E-state index contributed by atoms with van der Waals surface area (Å²) in [7, 11) is 3.18. The molecular weight excluding hydrogens is 1950 g/mol. The summed E-state index contributed by atoms with van der Waals surface area (Å²) in [6.07, 6.45) is 3.91. The molecule has 6 aromatic carbocycles. The molecule has 6 aromatic rings. The second-order valence-corrected chi connectivity index (χ2v) is 39.5. The molecule has 0 radical (unpaired) electrons. The molecule has 6 aliphatic heterocycles. The predicted octanol–water partition coefficient (Wildman–Crippen LogP) is 17.8. The van der Waals surface area contributed by atoms with Crippen molar-refractivity contribution < 1.29 is 141 Å². The van der Waals surface area contributed by atoms with Crippen LogP contribution in [0.25, 0.3) is 0 Å². The molecule has 38 nitrogen and oxygen atoms in total. The van der Waals surface area contributed by atoms with E-state index >= 15 is 0 Å². The van der Waals surface area contributed by atoms with Gasteiger partial charge in [-0.2, -0.15) is 16.8 Å².